The minimum Gasteiger partial charge on any atom is -0.493 e. The summed E-state index contributed by atoms with van der Waals surface area (Å²) in [5.41, 5.74) is 1.29. The number of nitrogens with one attached hydrogen (secondary N) is 1. The first-order valence-electron chi connectivity index (χ1n) is 6.35. The average molecular weight is 270 g/mol. The number of rotatable bonds is 6. The van der Waals surface area contributed by atoms with Crippen molar-refractivity contribution in [3.8, 4) is 5.75 Å². The van der Waals surface area contributed by atoms with E-state index in [4.69, 9.17) is 21.1 Å². The third-order valence-corrected chi connectivity index (χ3v) is 3.66. The highest BCUT2D eigenvalue weighted by atomic mass is 35.5. The summed E-state index contributed by atoms with van der Waals surface area (Å²) < 4.78 is 10.8. The first-order chi connectivity index (χ1) is 8.85. The lowest BCUT2D eigenvalue weighted by Gasteiger charge is -2.27. The maximum absolute atomic E-state index is 5.90. The SMILES string of the molecule is COCC(CCl)NCC1CCOc2ccccc21. The average Bonchev–Trinajstić information content (AvgIpc) is 2.43. The Morgan fingerprint density at radius 3 is 3.11 bits per heavy atom. The molecule has 1 N–H and O–H groups in total. The molecular formula is C14H20ClNO2. The summed E-state index contributed by atoms with van der Waals surface area (Å²) in [5, 5.41) is 3.47. The van der Waals surface area contributed by atoms with E-state index in [0.29, 0.717) is 18.4 Å². The van der Waals surface area contributed by atoms with Crippen LogP contribution >= 0.6 is 11.6 Å². The fourth-order valence-corrected chi connectivity index (χ4v) is 2.49. The minimum absolute atomic E-state index is 0.215. The highest BCUT2D eigenvalue weighted by molar-refractivity contribution is 6.18. The fraction of sp³-hybridized carbons (Fsp3) is 0.571. The van der Waals surface area contributed by atoms with Gasteiger partial charge in [-0.05, 0) is 18.1 Å². The number of alkyl halides is 1. The zero-order valence-corrected chi connectivity index (χ0v) is 11.5. The Hall–Kier alpha value is -0.770. The third kappa shape index (κ3) is 3.37. The smallest absolute Gasteiger partial charge is 0.122 e. The van der Waals surface area contributed by atoms with Crippen molar-refractivity contribution in [3.05, 3.63) is 29.8 Å². The fourth-order valence-electron chi connectivity index (χ4n) is 2.30. The highest BCUT2D eigenvalue weighted by Crippen LogP contribution is 2.32. The molecule has 1 heterocycles. The summed E-state index contributed by atoms with van der Waals surface area (Å²) in [4.78, 5) is 0. The van der Waals surface area contributed by atoms with Gasteiger partial charge in [0.2, 0.25) is 0 Å². The molecule has 0 saturated carbocycles. The molecule has 0 aliphatic carbocycles. The molecule has 0 saturated heterocycles. The van der Waals surface area contributed by atoms with Gasteiger partial charge in [-0.3, -0.25) is 0 Å². The Morgan fingerprint density at radius 1 is 1.50 bits per heavy atom. The molecule has 0 spiro atoms. The molecule has 0 fully saturated rings. The molecule has 3 nitrogen and oxygen atoms in total. The second-order valence-electron chi connectivity index (χ2n) is 4.59. The second kappa shape index (κ2) is 6.98. The van der Waals surface area contributed by atoms with Crippen LogP contribution in [0.25, 0.3) is 0 Å². The minimum atomic E-state index is 0.215. The zero-order valence-electron chi connectivity index (χ0n) is 10.7. The lowest BCUT2D eigenvalue weighted by molar-refractivity contribution is 0.170. The van der Waals surface area contributed by atoms with E-state index in [9.17, 15) is 0 Å². The van der Waals surface area contributed by atoms with Gasteiger partial charge in [0.25, 0.3) is 0 Å². The summed E-state index contributed by atoms with van der Waals surface area (Å²) in [6.45, 7) is 2.36. The summed E-state index contributed by atoms with van der Waals surface area (Å²) in [5.74, 6) is 2.08. The summed E-state index contributed by atoms with van der Waals surface area (Å²) in [6, 6.07) is 8.48. The van der Waals surface area contributed by atoms with E-state index < -0.39 is 0 Å². The van der Waals surface area contributed by atoms with Gasteiger partial charge in [0.1, 0.15) is 5.75 Å². The van der Waals surface area contributed by atoms with E-state index in [1.807, 2.05) is 12.1 Å². The number of benzene rings is 1. The molecule has 0 amide bonds. The van der Waals surface area contributed by atoms with Gasteiger partial charge in [-0.15, -0.1) is 11.6 Å². The van der Waals surface area contributed by atoms with Crippen LogP contribution in [-0.2, 0) is 4.74 Å². The summed E-state index contributed by atoms with van der Waals surface area (Å²) in [6.07, 6.45) is 1.05. The van der Waals surface area contributed by atoms with Crippen molar-refractivity contribution in [3.63, 3.8) is 0 Å². The Balaban J connectivity index is 1.94. The van der Waals surface area contributed by atoms with Crippen LogP contribution in [0.3, 0.4) is 0 Å². The van der Waals surface area contributed by atoms with Crippen molar-refractivity contribution < 1.29 is 9.47 Å². The number of hydrogen-bond acceptors (Lipinski definition) is 3. The van der Waals surface area contributed by atoms with Crippen LogP contribution in [0.4, 0.5) is 0 Å². The largest absolute Gasteiger partial charge is 0.493 e. The van der Waals surface area contributed by atoms with Crippen LogP contribution in [0.1, 0.15) is 17.9 Å². The van der Waals surface area contributed by atoms with Gasteiger partial charge in [0.15, 0.2) is 0 Å². The number of methoxy groups -OCH3 is 1. The normalized spacial score (nSPS) is 20.0. The Morgan fingerprint density at radius 2 is 2.33 bits per heavy atom. The molecule has 0 aromatic heterocycles. The zero-order chi connectivity index (χ0) is 12.8. The maximum Gasteiger partial charge on any atom is 0.122 e. The summed E-state index contributed by atoms with van der Waals surface area (Å²) in [7, 11) is 1.70. The van der Waals surface area contributed by atoms with Crippen molar-refractivity contribution in [1.82, 2.24) is 5.32 Å². The molecule has 2 rings (SSSR count). The summed E-state index contributed by atoms with van der Waals surface area (Å²) >= 11 is 5.90. The van der Waals surface area contributed by atoms with E-state index in [-0.39, 0.29) is 6.04 Å². The van der Waals surface area contributed by atoms with Crippen molar-refractivity contribution in [2.24, 2.45) is 0 Å². The first kappa shape index (κ1) is 13.7. The van der Waals surface area contributed by atoms with E-state index in [1.54, 1.807) is 7.11 Å². The molecule has 2 unspecified atom stereocenters. The van der Waals surface area contributed by atoms with Gasteiger partial charge in [0.05, 0.1) is 13.2 Å². The Bertz CT molecular complexity index is 373. The number of fused-ring (bicyclic) bond motifs is 1. The predicted molar refractivity (Wildman–Crippen MR) is 73.7 cm³/mol. The molecule has 1 aromatic rings. The second-order valence-corrected chi connectivity index (χ2v) is 4.90. The lowest BCUT2D eigenvalue weighted by atomic mass is 9.93. The topological polar surface area (TPSA) is 30.5 Å². The van der Waals surface area contributed by atoms with Gasteiger partial charge in [-0.25, -0.2) is 0 Å². The lowest BCUT2D eigenvalue weighted by Crippen LogP contribution is -2.38. The van der Waals surface area contributed by atoms with Crippen LogP contribution in [-0.4, -0.2) is 38.8 Å². The molecule has 1 aliphatic heterocycles. The van der Waals surface area contributed by atoms with Crippen LogP contribution in [0, 0.1) is 0 Å². The standard InChI is InChI=1S/C14H20ClNO2/c1-17-10-12(8-15)16-9-11-6-7-18-14-5-3-2-4-13(11)14/h2-5,11-12,16H,6-10H2,1H3. The van der Waals surface area contributed by atoms with E-state index >= 15 is 0 Å². The van der Waals surface area contributed by atoms with Crippen molar-refractivity contribution in [2.75, 3.05) is 32.7 Å². The van der Waals surface area contributed by atoms with Gasteiger partial charge in [-0.1, -0.05) is 18.2 Å². The maximum atomic E-state index is 5.90. The van der Waals surface area contributed by atoms with Crippen LogP contribution in [0.5, 0.6) is 5.75 Å². The van der Waals surface area contributed by atoms with Gasteiger partial charge in [0, 0.05) is 31.5 Å². The molecule has 0 bridgehead atoms. The highest BCUT2D eigenvalue weighted by Gasteiger charge is 2.21. The van der Waals surface area contributed by atoms with Crippen molar-refractivity contribution in [1.29, 1.82) is 0 Å². The molecule has 100 valence electrons. The molecule has 0 radical (unpaired) electrons. The molecule has 1 aliphatic rings. The third-order valence-electron chi connectivity index (χ3n) is 3.29. The van der Waals surface area contributed by atoms with E-state index in [2.05, 4.69) is 17.4 Å². The van der Waals surface area contributed by atoms with E-state index in [0.717, 1.165) is 25.3 Å². The number of halogens is 1. The van der Waals surface area contributed by atoms with Crippen molar-refractivity contribution in [2.45, 2.75) is 18.4 Å². The quantitative estimate of drug-likeness (QED) is 0.805. The monoisotopic (exact) mass is 269 g/mol. The van der Waals surface area contributed by atoms with Crippen LogP contribution in [0.2, 0.25) is 0 Å². The number of ether oxygens (including phenoxy) is 2. The van der Waals surface area contributed by atoms with Gasteiger partial charge >= 0.3 is 0 Å². The molecule has 4 heteroatoms. The van der Waals surface area contributed by atoms with Crippen molar-refractivity contribution >= 4 is 11.6 Å². The predicted octanol–water partition coefficient (Wildman–Crippen LogP) is 2.40. The van der Waals surface area contributed by atoms with Crippen LogP contribution < -0.4 is 10.1 Å². The van der Waals surface area contributed by atoms with E-state index in [1.165, 1.54) is 5.56 Å². The molecular weight excluding hydrogens is 250 g/mol. The first-order valence-corrected chi connectivity index (χ1v) is 6.88. The Labute approximate surface area is 113 Å². The van der Waals surface area contributed by atoms with Crippen LogP contribution in [0.15, 0.2) is 24.3 Å². The number of hydrogen-bond donors (Lipinski definition) is 1. The van der Waals surface area contributed by atoms with Gasteiger partial charge in [-0.2, -0.15) is 0 Å². The molecule has 1 aromatic carbocycles. The Kier molecular flexibility index (Phi) is 5.29. The molecule has 18 heavy (non-hydrogen) atoms. The molecule has 2 atom stereocenters. The van der Waals surface area contributed by atoms with Gasteiger partial charge < -0.3 is 14.8 Å². The number of para-hydroxylation sites is 1.